The Bertz CT molecular complexity index is 576. The normalized spacial score (nSPS) is 10.2. The highest BCUT2D eigenvalue weighted by atomic mass is 16.2. The number of ketones is 1. The van der Waals surface area contributed by atoms with Crippen LogP contribution in [-0.4, -0.2) is 21.5 Å². The molecule has 0 saturated heterocycles. The van der Waals surface area contributed by atoms with E-state index in [1.807, 2.05) is 36.5 Å². The van der Waals surface area contributed by atoms with E-state index in [1.54, 1.807) is 10.9 Å². The van der Waals surface area contributed by atoms with Crippen molar-refractivity contribution in [3.63, 3.8) is 0 Å². The molecule has 0 aliphatic heterocycles. The molecule has 0 fully saturated rings. The Labute approximate surface area is 111 Å². The monoisotopic (exact) mass is 257 g/mol. The van der Waals surface area contributed by atoms with Crippen molar-refractivity contribution >= 4 is 11.7 Å². The molecule has 0 spiro atoms. The van der Waals surface area contributed by atoms with E-state index in [9.17, 15) is 9.59 Å². The van der Waals surface area contributed by atoms with E-state index < -0.39 is 0 Å². The summed E-state index contributed by atoms with van der Waals surface area (Å²) in [6, 6.07) is 9.51. The van der Waals surface area contributed by atoms with Crippen LogP contribution in [0.3, 0.4) is 0 Å². The van der Waals surface area contributed by atoms with Crippen molar-refractivity contribution in [1.29, 1.82) is 0 Å². The largest absolute Gasteiger partial charge is 0.352 e. The average Bonchev–Trinajstić information content (AvgIpc) is 2.89. The van der Waals surface area contributed by atoms with Crippen molar-refractivity contribution < 1.29 is 9.59 Å². The summed E-state index contributed by atoms with van der Waals surface area (Å²) in [5.41, 5.74) is 1.86. The van der Waals surface area contributed by atoms with Gasteiger partial charge in [-0.3, -0.25) is 9.59 Å². The van der Waals surface area contributed by atoms with Gasteiger partial charge in [-0.1, -0.05) is 18.2 Å². The number of carbonyl (C=O) groups is 2. The summed E-state index contributed by atoms with van der Waals surface area (Å²) in [5.74, 6) is -0.402. The Hall–Kier alpha value is -2.43. The molecule has 1 amide bonds. The summed E-state index contributed by atoms with van der Waals surface area (Å²) in [6.45, 7) is 1.78. The zero-order chi connectivity index (χ0) is 13.7. The molecule has 1 N–H and O–H groups in total. The predicted molar refractivity (Wildman–Crippen MR) is 70.7 cm³/mol. The molecule has 0 aliphatic carbocycles. The van der Waals surface area contributed by atoms with Crippen LogP contribution in [-0.2, 0) is 16.1 Å². The summed E-state index contributed by atoms with van der Waals surface area (Å²) in [5, 5.41) is 6.90. The highest BCUT2D eigenvalue weighted by molar-refractivity contribution is 5.96. The first kappa shape index (κ1) is 13.0. The number of nitrogens with one attached hydrogen (secondary N) is 1. The molecule has 98 valence electrons. The Morgan fingerprint density at radius 3 is 2.74 bits per heavy atom. The van der Waals surface area contributed by atoms with Gasteiger partial charge in [-0.25, -0.2) is 4.68 Å². The topological polar surface area (TPSA) is 64.0 Å². The van der Waals surface area contributed by atoms with Crippen LogP contribution >= 0.6 is 0 Å². The van der Waals surface area contributed by atoms with E-state index in [4.69, 9.17) is 0 Å². The smallest absolute Gasteiger partial charge is 0.227 e. The molecule has 2 rings (SSSR count). The molecule has 0 bridgehead atoms. The van der Waals surface area contributed by atoms with E-state index in [0.717, 1.165) is 11.3 Å². The zero-order valence-corrected chi connectivity index (χ0v) is 10.7. The van der Waals surface area contributed by atoms with Crippen molar-refractivity contribution in [2.75, 3.05) is 0 Å². The third kappa shape index (κ3) is 3.51. The number of hydrogen-bond acceptors (Lipinski definition) is 3. The first-order chi connectivity index (χ1) is 9.16. The molecule has 2 aromatic rings. The number of amides is 1. The second kappa shape index (κ2) is 5.95. The van der Waals surface area contributed by atoms with Crippen LogP contribution in [0.25, 0.3) is 5.69 Å². The molecule has 0 saturated carbocycles. The number of carbonyl (C=O) groups excluding carboxylic acids is 2. The standard InChI is InChI=1S/C14H15N3O2/c1-11(18)9-14(19)15-10-12-5-2-3-6-13(12)17-8-4-7-16-17/h2-8H,9-10H2,1H3,(H,15,19). The number of benzene rings is 1. The summed E-state index contributed by atoms with van der Waals surface area (Å²) in [7, 11) is 0. The molecule has 5 nitrogen and oxygen atoms in total. The number of aromatic nitrogens is 2. The van der Waals surface area contributed by atoms with Gasteiger partial charge in [0.15, 0.2) is 0 Å². The lowest BCUT2D eigenvalue weighted by atomic mass is 10.1. The Kier molecular flexibility index (Phi) is 4.07. The Morgan fingerprint density at radius 1 is 1.26 bits per heavy atom. The van der Waals surface area contributed by atoms with E-state index in [-0.39, 0.29) is 18.1 Å². The third-order valence-corrected chi connectivity index (χ3v) is 2.63. The summed E-state index contributed by atoms with van der Waals surface area (Å²) < 4.78 is 1.74. The van der Waals surface area contributed by atoms with Crippen molar-refractivity contribution in [3.8, 4) is 5.69 Å². The maximum Gasteiger partial charge on any atom is 0.227 e. The fourth-order valence-corrected chi connectivity index (χ4v) is 1.78. The first-order valence-electron chi connectivity index (χ1n) is 6.01. The lowest BCUT2D eigenvalue weighted by Gasteiger charge is -2.10. The molecule has 5 heteroatoms. The molecule has 0 atom stereocenters. The predicted octanol–water partition coefficient (Wildman–Crippen LogP) is 1.47. The van der Waals surface area contributed by atoms with Crippen molar-refractivity contribution in [2.24, 2.45) is 0 Å². The van der Waals surface area contributed by atoms with Crippen LogP contribution in [0.1, 0.15) is 18.9 Å². The van der Waals surface area contributed by atoms with Crippen LogP contribution < -0.4 is 5.32 Å². The quantitative estimate of drug-likeness (QED) is 0.825. The van der Waals surface area contributed by atoms with Crippen molar-refractivity contribution in [2.45, 2.75) is 19.9 Å². The van der Waals surface area contributed by atoms with Crippen LogP contribution in [0.2, 0.25) is 0 Å². The number of hydrogen-bond donors (Lipinski definition) is 1. The van der Waals surface area contributed by atoms with Gasteiger partial charge in [0.25, 0.3) is 0 Å². The second-order valence-corrected chi connectivity index (χ2v) is 4.23. The van der Waals surface area contributed by atoms with E-state index in [0.29, 0.717) is 6.54 Å². The van der Waals surface area contributed by atoms with E-state index in [1.165, 1.54) is 6.92 Å². The minimum absolute atomic E-state index is 0.0794. The third-order valence-electron chi connectivity index (χ3n) is 2.63. The minimum Gasteiger partial charge on any atom is -0.352 e. The lowest BCUT2D eigenvalue weighted by molar-refractivity contribution is -0.127. The average molecular weight is 257 g/mol. The van der Waals surface area contributed by atoms with Gasteiger partial charge in [0.1, 0.15) is 5.78 Å². The SMILES string of the molecule is CC(=O)CC(=O)NCc1ccccc1-n1cccn1. The van der Waals surface area contributed by atoms with Gasteiger partial charge in [-0.05, 0) is 24.6 Å². The van der Waals surface area contributed by atoms with E-state index >= 15 is 0 Å². The van der Waals surface area contributed by atoms with Crippen molar-refractivity contribution in [1.82, 2.24) is 15.1 Å². The summed E-state index contributed by atoms with van der Waals surface area (Å²) in [4.78, 5) is 22.3. The van der Waals surface area contributed by atoms with Gasteiger partial charge in [0.2, 0.25) is 5.91 Å². The molecule has 0 unspecified atom stereocenters. The maximum absolute atomic E-state index is 11.5. The molecule has 1 aromatic heterocycles. The molecule has 0 radical (unpaired) electrons. The number of para-hydroxylation sites is 1. The Morgan fingerprint density at radius 2 is 2.05 bits per heavy atom. The van der Waals surface area contributed by atoms with Gasteiger partial charge >= 0.3 is 0 Å². The van der Waals surface area contributed by atoms with Gasteiger partial charge < -0.3 is 5.32 Å². The van der Waals surface area contributed by atoms with E-state index in [2.05, 4.69) is 10.4 Å². The number of nitrogens with zero attached hydrogens (tertiary/aromatic N) is 2. The van der Waals surface area contributed by atoms with Crippen LogP contribution in [0.4, 0.5) is 0 Å². The maximum atomic E-state index is 11.5. The number of Topliss-reactive ketones (excluding diaryl/α,β-unsaturated/α-hetero) is 1. The highest BCUT2D eigenvalue weighted by Gasteiger charge is 2.07. The van der Waals surface area contributed by atoms with Gasteiger partial charge in [-0.2, -0.15) is 5.10 Å². The summed E-state index contributed by atoms with van der Waals surface area (Å²) >= 11 is 0. The fourth-order valence-electron chi connectivity index (χ4n) is 1.78. The second-order valence-electron chi connectivity index (χ2n) is 4.23. The van der Waals surface area contributed by atoms with Gasteiger partial charge in [-0.15, -0.1) is 0 Å². The Balaban J connectivity index is 2.09. The lowest BCUT2D eigenvalue weighted by Crippen LogP contribution is -2.25. The minimum atomic E-state index is -0.261. The first-order valence-corrected chi connectivity index (χ1v) is 6.01. The van der Waals surface area contributed by atoms with Gasteiger partial charge in [0.05, 0.1) is 12.1 Å². The molecule has 0 aliphatic rings. The molecule has 1 aromatic carbocycles. The van der Waals surface area contributed by atoms with Crippen LogP contribution in [0.15, 0.2) is 42.7 Å². The highest BCUT2D eigenvalue weighted by Crippen LogP contribution is 2.13. The van der Waals surface area contributed by atoms with Crippen molar-refractivity contribution in [3.05, 3.63) is 48.3 Å². The fraction of sp³-hybridized carbons (Fsp3) is 0.214. The van der Waals surface area contributed by atoms with Crippen LogP contribution in [0.5, 0.6) is 0 Å². The molecule has 1 heterocycles. The van der Waals surface area contributed by atoms with Gasteiger partial charge in [0, 0.05) is 18.9 Å². The molecular weight excluding hydrogens is 242 g/mol. The van der Waals surface area contributed by atoms with Crippen LogP contribution in [0, 0.1) is 0 Å². The molecule has 19 heavy (non-hydrogen) atoms. The zero-order valence-electron chi connectivity index (χ0n) is 10.7. The number of rotatable bonds is 5. The summed E-state index contributed by atoms with van der Waals surface area (Å²) in [6.07, 6.45) is 3.46. The molecular formula is C14H15N3O2.